The topological polar surface area (TPSA) is 59.6 Å². The van der Waals surface area contributed by atoms with Crippen molar-refractivity contribution in [1.82, 2.24) is 0 Å². The lowest BCUT2D eigenvalue weighted by atomic mass is 10.1. The molecule has 0 aromatic heterocycles. The van der Waals surface area contributed by atoms with Crippen LogP contribution in [0.1, 0.15) is 12.5 Å². The zero-order chi connectivity index (χ0) is 14.9. The molecule has 0 saturated carbocycles. The van der Waals surface area contributed by atoms with Crippen LogP contribution in [0.15, 0.2) is 59.6 Å². The summed E-state index contributed by atoms with van der Waals surface area (Å²) in [5.41, 5.74) is 8.00. The highest BCUT2D eigenvalue weighted by molar-refractivity contribution is 5.92. The van der Waals surface area contributed by atoms with Crippen molar-refractivity contribution in [3.8, 4) is 5.75 Å². The molecule has 0 bridgehead atoms. The van der Waals surface area contributed by atoms with Gasteiger partial charge < -0.3 is 15.8 Å². The van der Waals surface area contributed by atoms with Gasteiger partial charge in [0.1, 0.15) is 5.75 Å². The van der Waals surface area contributed by atoms with Crippen LogP contribution < -0.4 is 15.8 Å². The summed E-state index contributed by atoms with van der Waals surface area (Å²) in [6.45, 7) is 3.30. The van der Waals surface area contributed by atoms with Gasteiger partial charge in [-0.2, -0.15) is 0 Å². The molecule has 0 spiro atoms. The predicted molar refractivity (Wildman–Crippen MR) is 87.9 cm³/mol. The Morgan fingerprint density at radius 2 is 1.95 bits per heavy atom. The van der Waals surface area contributed by atoms with E-state index >= 15 is 0 Å². The first-order valence-electron chi connectivity index (χ1n) is 7.11. The van der Waals surface area contributed by atoms with E-state index in [1.807, 2.05) is 55.5 Å². The molecule has 4 heteroatoms. The second-order valence-corrected chi connectivity index (χ2v) is 4.59. The van der Waals surface area contributed by atoms with E-state index in [0.29, 0.717) is 19.1 Å². The molecule has 2 aromatic carbocycles. The number of guanidine groups is 1. The second kappa shape index (κ2) is 7.94. The number of hydrogen-bond acceptors (Lipinski definition) is 2. The Morgan fingerprint density at radius 3 is 2.71 bits per heavy atom. The smallest absolute Gasteiger partial charge is 0.193 e. The van der Waals surface area contributed by atoms with Crippen molar-refractivity contribution in [3.63, 3.8) is 0 Å². The van der Waals surface area contributed by atoms with Gasteiger partial charge in [0.2, 0.25) is 0 Å². The van der Waals surface area contributed by atoms with Crippen molar-refractivity contribution in [2.24, 2.45) is 10.7 Å². The van der Waals surface area contributed by atoms with E-state index < -0.39 is 0 Å². The third-order valence-corrected chi connectivity index (χ3v) is 2.94. The molecule has 0 saturated heterocycles. The summed E-state index contributed by atoms with van der Waals surface area (Å²) < 4.78 is 5.48. The van der Waals surface area contributed by atoms with Crippen LogP contribution >= 0.6 is 0 Å². The Bertz CT molecular complexity index is 582. The quantitative estimate of drug-likeness (QED) is 0.633. The molecule has 4 nitrogen and oxygen atoms in total. The number of hydrogen-bond donors (Lipinski definition) is 2. The van der Waals surface area contributed by atoms with Gasteiger partial charge in [-0.25, -0.2) is 0 Å². The highest BCUT2D eigenvalue weighted by Crippen LogP contribution is 2.13. The summed E-state index contributed by atoms with van der Waals surface area (Å²) in [5.74, 6) is 1.33. The van der Waals surface area contributed by atoms with Gasteiger partial charge in [-0.15, -0.1) is 0 Å². The fraction of sp³-hybridized carbons (Fsp3) is 0.235. The van der Waals surface area contributed by atoms with E-state index in [9.17, 15) is 0 Å². The van der Waals surface area contributed by atoms with E-state index in [4.69, 9.17) is 10.5 Å². The number of nitrogens with two attached hydrogens (primary N) is 1. The van der Waals surface area contributed by atoms with Crippen LogP contribution in [0.3, 0.4) is 0 Å². The van der Waals surface area contributed by atoms with Gasteiger partial charge in [0.05, 0.1) is 6.61 Å². The summed E-state index contributed by atoms with van der Waals surface area (Å²) in [6.07, 6.45) is 0.831. The van der Waals surface area contributed by atoms with Crippen LogP contribution in [0.4, 0.5) is 5.69 Å². The molecule has 2 rings (SSSR count). The predicted octanol–water partition coefficient (Wildman–Crippen LogP) is 3.05. The molecule has 3 N–H and O–H groups in total. The number of nitrogens with zero attached hydrogens (tertiary/aromatic N) is 1. The van der Waals surface area contributed by atoms with Gasteiger partial charge in [-0.05, 0) is 43.2 Å². The summed E-state index contributed by atoms with van der Waals surface area (Å²) in [7, 11) is 0. The number of anilines is 1. The molecule has 0 aliphatic rings. The van der Waals surface area contributed by atoms with E-state index in [1.165, 1.54) is 5.56 Å². The summed E-state index contributed by atoms with van der Waals surface area (Å²) >= 11 is 0. The Balaban J connectivity index is 1.85. The molecule has 110 valence electrons. The average Bonchev–Trinajstić information content (AvgIpc) is 2.49. The SMILES string of the molecule is CCOc1cccc(CCN=C(N)Nc2ccccc2)c1. The van der Waals surface area contributed by atoms with Crippen LogP contribution in [0.2, 0.25) is 0 Å². The maximum absolute atomic E-state index is 5.86. The Hall–Kier alpha value is -2.49. The van der Waals surface area contributed by atoms with Crippen molar-refractivity contribution < 1.29 is 4.74 Å². The minimum absolute atomic E-state index is 0.433. The molecule has 0 aliphatic heterocycles. The van der Waals surface area contributed by atoms with Gasteiger partial charge in [-0.3, -0.25) is 4.99 Å². The summed E-state index contributed by atoms with van der Waals surface area (Å²) in [4.78, 5) is 4.33. The first-order valence-corrected chi connectivity index (χ1v) is 7.11. The minimum Gasteiger partial charge on any atom is -0.494 e. The zero-order valence-electron chi connectivity index (χ0n) is 12.3. The van der Waals surface area contributed by atoms with Crippen molar-refractivity contribution in [2.45, 2.75) is 13.3 Å². The Morgan fingerprint density at radius 1 is 1.14 bits per heavy atom. The van der Waals surface area contributed by atoms with Gasteiger partial charge >= 0.3 is 0 Å². The van der Waals surface area contributed by atoms with Crippen molar-refractivity contribution >= 4 is 11.6 Å². The number of aliphatic imine (C=N–C) groups is 1. The fourth-order valence-corrected chi connectivity index (χ4v) is 1.97. The lowest BCUT2D eigenvalue weighted by Gasteiger charge is -2.06. The van der Waals surface area contributed by atoms with E-state index in [0.717, 1.165) is 17.9 Å². The molecule has 0 heterocycles. The van der Waals surface area contributed by atoms with Crippen molar-refractivity contribution in [2.75, 3.05) is 18.5 Å². The number of ether oxygens (including phenoxy) is 1. The lowest BCUT2D eigenvalue weighted by Crippen LogP contribution is -2.23. The highest BCUT2D eigenvalue weighted by atomic mass is 16.5. The average molecular weight is 283 g/mol. The van der Waals surface area contributed by atoms with Crippen molar-refractivity contribution in [1.29, 1.82) is 0 Å². The van der Waals surface area contributed by atoms with Crippen LogP contribution in [0.5, 0.6) is 5.75 Å². The monoisotopic (exact) mass is 283 g/mol. The van der Waals surface area contributed by atoms with Gasteiger partial charge in [-0.1, -0.05) is 30.3 Å². The van der Waals surface area contributed by atoms with Gasteiger partial charge in [0.25, 0.3) is 0 Å². The number of benzene rings is 2. The summed E-state index contributed by atoms with van der Waals surface area (Å²) in [5, 5.41) is 3.06. The number of para-hydroxylation sites is 1. The number of rotatable bonds is 6. The first kappa shape index (κ1) is 14.9. The standard InChI is InChI=1S/C17H21N3O/c1-2-21-16-10-6-7-14(13-16)11-12-19-17(18)20-15-8-4-3-5-9-15/h3-10,13H,2,11-12H2,1H3,(H3,18,19,20). The van der Waals surface area contributed by atoms with E-state index in [1.54, 1.807) is 0 Å². The molecular weight excluding hydrogens is 262 g/mol. The lowest BCUT2D eigenvalue weighted by molar-refractivity contribution is 0.340. The fourth-order valence-electron chi connectivity index (χ4n) is 1.97. The van der Waals surface area contributed by atoms with Crippen LogP contribution in [0.25, 0.3) is 0 Å². The second-order valence-electron chi connectivity index (χ2n) is 4.59. The third kappa shape index (κ3) is 5.18. The molecule has 0 atom stereocenters. The molecule has 0 amide bonds. The van der Waals surface area contributed by atoms with Crippen molar-refractivity contribution in [3.05, 3.63) is 60.2 Å². The third-order valence-electron chi connectivity index (χ3n) is 2.94. The molecule has 0 aliphatic carbocycles. The molecule has 2 aromatic rings. The summed E-state index contributed by atoms with van der Waals surface area (Å²) in [6, 6.07) is 17.8. The van der Waals surface area contributed by atoms with Crippen LogP contribution in [-0.4, -0.2) is 19.1 Å². The minimum atomic E-state index is 0.433. The Labute approximate surface area is 125 Å². The highest BCUT2D eigenvalue weighted by Gasteiger charge is 1.97. The van der Waals surface area contributed by atoms with E-state index in [2.05, 4.69) is 16.4 Å². The molecule has 0 unspecified atom stereocenters. The molecule has 21 heavy (non-hydrogen) atoms. The number of nitrogens with one attached hydrogen (secondary N) is 1. The van der Waals surface area contributed by atoms with Crippen LogP contribution in [-0.2, 0) is 6.42 Å². The normalized spacial score (nSPS) is 11.2. The Kier molecular flexibility index (Phi) is 5.64. The zero-order valence-corrected chi connectivity index (χ0v) is 12.3. The van der Waals surface area contributed by atoms with Gasteiger partial charge in [0, 0.05) is 12.2 Å². The largest absolute Gasteiger partial charge is 0.494 e. The molecule has 0 radical (unpaired) electrons. The van der Waals surface area contributed by atoms with E-state index in [-0.39, 0.29) is 0 Å². The first-order chi connectivity index (χ1) is 10.3. The maximum Gasteiger partial charge on any atom is 0.193 e. The molecular formula is C17H21N3O. The van der Waals surface area contributed by atoms with Gasteiger partial charge in [0.15, 0.2) is 5.96 Å². The van der Waals surface area contributed by atoms with Crippen LogP contribution in [0, 0.1) is 0 Å². The molecule has 0 fully saturated rings. The maximum atomic E-state index is 5.86.